The summed E-state index contributed by atoms with van der Waals surface area (Å²) in [5.41, 5.74) is 0.344. The highest BCUT2D eigenvalue weighted by molar-refractivity contribution is 6.39. The van der Waals surface area contributed by atoms with Crippen LogP contribution in [-0.2, 0) is 0 Å². The molecule has 0 aliphatic carbocycles. The molecular weight excluding hydrogens is 265 g/mol. The standard InChI is InChI=1S/C10H7Cl2N3O2/c11-6-2-1-3-7(12)9(6)14-10(16)13-8-4-5-17-15-8/h1-5H,(H2,13,14,15,16). The van der Waals surface area contributed by atoms with E-state index in [2.05, 4.69) is 20.3 Å². The summed E-state index contributed by atoms with van der Waals surface area (Å²) in [6.45, 7) is 0. The molecule has 0 aliphatic rings. The van der Waals surface area contributed by atoms with Crippen molar-refractivity contribution in [2.45, 2.75) is 0 Å². The highest BCUT2D eigenvalue weighted by atomic mass is 35.5. The van der Waals surface area contributed by atoms with Crippen molar-refractivity contribution in [2.75, 3.05) is 10.6 Å². The van der Waals surface area contributed by atoms with Crippen LogP contribution in [-0.4, -0.2) is 11.2 Å². The van der Waals surface area contributed by atoms with Crippen molar-refractivity contribution in [1.82, 2.24) is 5.16 Å². The van der Waals surface area contributed by atoms with Crippen LogP contribution < -0.4 is 10.6 Å². The van der Waals surface area contributed by atoms with E-state index in [0.717, 1.165) is 0 Å². The monoisotopic (exact) mass is 271 g/mol. The van der Waals surface area contributed by atoms with Gasteiger partial charge in [0.2, 0.25) is 0 Å². The molecule has 5 nitrogen and oxygen atoms in total. The molecule has 2 aromatic rings. The number of aromatic nitrogens is 1. The van der Waals surface area contributed by atoms with Crippen molar-refractivity contribution in [1.29, 1.82) is 0 Å². The molecule has 1 aromatic carbocycles. The molecule has 0 aliphatic heterocycles. The van der Waals surface area contributed by atoms with Crippen molar-refractivity contribution in [3.05, 3.63) is 40.6 Å². The Morgan fingerprint density at radius 3 is 2.47 bits per heavy atom. The van der Waals surface area contributed by atoms with E-state index in [1.165, 1.54) is 12.3 Å². The number of urea groups is 1. The lowest BCUT2D eigenvalue weighted by Gasteiger charge is -2.08. The third kappa shape index (κ3) is 2.89. The van der Waals surface area contributed by atoms with E-state index in [4.69, 9.17) is 23.2 Å². The van der Waals surface area contributed by atoms with Gasteiger partial charge in [-0.1, -0.05) is 34.4 Å². The Kier molecular flexibility index (Phi) is 3.51. The maximum absolute atomic E-state index is 11.6. The molecule has 1 heterocycles. The Labute approximate surface area is 107 Å². The lowest BCUT2D eigenvalue weighted by Crippen LogP contribution is -2.20. The molecular formula is C10H7Cl2N3O2. The van der Waals surface area contributed by atoms with Crippen molar-refractivity contribution in [3.8, 4) is 0 Å². The zero-order chi connectivity index (χ0) is 12.3. The molecule has 0 saturated carbocycles. The molecule has 0 unspecified atom stereocenters. The van der Waals surface area contributed by atoms with Crippen LogP contribution in [0.15, 0.2) is 35.1 Å². The fourth-order valence-corrected chi connectivity index (χ4v) is 1.65. The number of hydrogen-bond donors (Lipinski definition) is 2. The fourth-order valence-electron chi connectivity index (χ4n) is 1.16. The minimum atomic E-state index is -0.506. The Balaban J connectivity index is 2.08. The zero-order valence-electron chi connectivity index (χ0n) is 8.41. The SMILES string of the molecule is O=C(Nc1ccon1)Nc1c(Cl)cccc1Cl. The van der Waals surface area contributed by atoms with E-state index >= 15 is 0 Å². The van der Waals surface area contributed by atoms with Gasteiger partial charge in [0.25, 0.3) is 0 Å². The Bertz CT molecular complexity index is 508. The molecule has 17 heavy (non-hydrogen) atoms. The molecule has 0 spiro atoms. The number of nitrogens with one attached hydrogen (secondary N) is 2. The molecule has 0 radical (unpaired) electrons. The van der Waals surface area contributed by atoms with Crippen LogP contribution in [0.1, 0.15) is 0 Å². The van der Waals surface area contributed by atoms with E-state index < -0.39 is 6.03 Å². The molecule has 2 amide bonds. The number of nitrogens with zero attached hydrogens (tertiary/aromatic N) is 1. The van der Waals surface area contributed by atoms with E-state index in [0.29, 0.717) is 21.6 Å². The second kappa shape index (κ2) is 5.07. The summed E-state index contributed by atoms with van der Waals surface area (Å²) in [6, 6.07) is 5.94. The van der Waals surface area contributed by atoms with Gasteiger partial charge in [-0.3, -0.25) is 5.32 Å². The van der Waals surface area contributed by atoms with Gasteiger partial charge < -0.3 is 9.84 Å². The minimum absolute atomic E-state index is 0.297. The summed E-state index contributed by atoms with van der Waals surface area (Å²) >= 11 is 11.8. The quantitative estimate of drug-likeness (QED) is 0.877. The van der Waals surface area contributed by atoms with Crippen LogP contribution in [0.25, 0.3) is 0 Å². The van der Waals surface area contributed by atoms with Gasteiger partial charge >= 0.3 is 6.03 Å². The van der Waals surface area contributed by atoms with Gasteiger partial charge in [0.05, 0.1) is 15.7 Å². The Hall–Kier alpha value is -1.72. The Morgan fingerprint density at radius 1 is 1.18 bits per heavy atom. The van der Waals surface area contributed by atoms with Gasteiger partial charge in [-0.05, 0) is 12.1 Å². The van der Waals surface area contributed by atoms with Crippen molar-refractivity contribution in [2.24, 2.45) is 0 Å². The van der Waals surface area contributed by atoms with Gasteiger partial charge in [-0.15, -0.1) is 0 Å². The number of rotatable bonds is 2. The van der Waals surface area contributed by atoms with Crippen molar-refractivity contribution < 1.29 is 9.32 Å². The first-order valence-corrected chi connectivity index (χ1v) is 5.35. The molecule has 88 valence electrons. The van der Waals surface area contributed by atoms with Crippen LogP contribution in [0.2, 0.25) is 10.0 Å². The first-order valence-electron chi connectivity index (χ1n) is 4.59. The van der Waals surface area contributed by atoms with Crippen LogP contribution in [0.3, 0.4) is 0 Å². The normalized spacial score (nSPS) is 10.0. The summed E-state index contributed by atoms with van der Waals surface area (Å²) in [5.74, 6) is 0.297. The fraction of sp³-hybridized carbons (Fsp3) is 0. The predicted octanol–water partition coefficient (Wildman–Crippen LogP) is 3.63. The van der Waals surface area contributed by atoms with Crippen molar-refractivity contribution >= 4 is 40.7 Å². The molecule has 0 fully saturated rings. The third-order valence-corrected chi connectivity index (χ3v) is 2.51. The second-order valence-electron chi connectivity index (χ2n) is 3.06. The summed E-state index contributed by atoms with van der Waals surface area (Å²) in [4.78, 5) is 11.6. The highest BCUT2D eigenvalue weighted by Gasteiger charge is 2.10. The number of halogens is 2. The lowest BCUT2D eigenvalue weighted by atomic mass is 10.3. The molecule has 7 heteroatoms. The number of amides is 2. The van der Waals surface area contributed by atoms with E-state index in [1.807, 2.05) is 0 Å². The minimum Gasteiger partial charge on any atom is -0.363 e. The third-order valence-electron chi connectivity index (χ3n) is 1.88. The predicted molar refractivity (Wildman–Crippen MR) is 65.6 cm³/mol. The van der Waals surface area contributed by atoms with Crippen LogP contribution in [0.5, 0.6) is 0 Å². The molecule has 1 aromatic heterocycles. The van der Waals surface area contributed by atoms with Gasteiger partial charge in [0.1, 0.15) is 6.26 Å². The summed E-state index contributed by atoms with van der Waals surface area (Å²) in [7, 11) is 0. The number of carbonyl (C=O) groups is 1. The summed E-state index contributed by atoms with van der Waals surface area (Å²) in [5, 5.41) is 9.21. The van der Waals surface area contributed by atoms with Crippen LogP contribution >= 0.6 is 23.2 Å². The van der Waals surface area contributed by atoms with Crippen LogP contribution in [0, 0.1) is 0 Å². The number of para-hydroxylation sites is 1. The van der Waals surface area contributed by atoms with E-state index in [9.17, 15) is 4.79 Å². The summed E-state index contributed by atoms with van der Waals surface area (Å²) < 4.78 is 4.57. The average Bonchev–Trinajstić information content (AvgIpc) is 2.76. The average molecular weight is 272 g/mol. The molecule has 0 atom stereocenters. The molecule has 0 bridgehead atoms. The van der Waals surface area contributed by atoms with Gasteiger partial charge in [0.15, 0.2) is 5.82 Å². The maximum atomic E-state index is 11.6. The molecule has 0 saturated heterocycles. The van der Waals surface area contributed by atoms with Gasteiger partial charge in [-0.25, -0.2) is 4.79 Å². The number of carbonyl (C=O) groups excluding carboxylic acids is 1. The number of hydrogen-bond acceptors (Lipinski definition) is 3. The lowest BCUT2D eigenvalue weighted by molar-refractivity contribution is 0.262. The first-order chi connectivity index (χ1) is 8.16. The summed E-state index contributed by atoms with van der Waals surface area (Å²) in [6.07, 6.45) is 1.35. The first kappa shape index (κ1) is 11.8. The second-order valence-corrected chi connectivity index (χ2v) is 3.87. The van der Waals surface area contributed by atoms with Gasteiger partial charge in [-0.2, -0.15) is 0 Å². The molecule has 2 rings (SSSR count). The van der Waals surface area contributed by atoms with Crippen LogP contribution in [0.4, 0.5) is 16.3 Å². The molecule has 2 N–H and O–H groups in total. The van der Waals surface area contributed by atoms with E-state index in [-0.39, 0.29) is 0 Å². The maximum Gasteiger partial charge on any atom is 0.325 e. The zero-order valence-corrected chi connectivity index (χ0v) is 9.92. The largest absolute Gasteiger partial charge is 0.363 e. The van der Waals surface area contributed by atoms with Gasteiger partial charge in [0, 0.05) is 6.07 Å². The Morgan fingerprint density at radius 2 is 1.88 bits per heavy atom. The van der Waals surface area contributed by atoms with E-state index in [1.54, 1.807) is 18.2 Å². The smallest absolute Gasteiger partial charge is 0.325 e. The topological polar surface area (TPSA) is 67.2 Å². The number of anilines is 2. The number of benzene rings is 1. The van der Waals surface area contributed by atoms with Crippen molar-refractivity contribution in [3.63, 3.8) is 0 Å². The highest BCUT2D eigenvalue weighted by Crippen LogP contribution is 2.29.